The molecule has 0 aliphatic rings. The van der Waals surface area contributed by atoms with Crippen LogP contribution in [-0.4, -0.2) is 17.9 Å². The summed E-state index contributed by atoms with van der Waals surface area (Å²) in [4.78, 5) is 14.8. The third kappa shape index (κ3) is 1.77. The van der Waals surface area contributed by atoms with Gasteiger partial charge in [-0.2, -0.15) is 0 Å². The highest BCUT2D eigenvalue weighted by atomic mass is 16.5. The van der Waals surface area contributed by atoms with Crippen molar-refractivity contribution in [3.05, 3.63) is 47.8 Å². The lowest BCUT2D eigenvalue weighted by molar-refractivity contribution is 0.103. The van der Waals surface area contributed by atoms with Crippen LogP contribution in [0, 0.1) is 0 Å². The summed E-state index contributed by atoms with van der Waals surface area (Å²) in [7, 11) is 1.52. The van der Waals surface area contributed by atoms with Crippen LogP contribution in [-0.2, 0) is 0 Å². The molecule has 4 nitrogen and oxygen atoms in total. The number of aromatic amines is 1. The number of methoxy groups -OCH3 is 1. The lowest BCUT2D eigenvalue weighted by Crippen LogP contribution is -2.01. The number of carbonyl (C=O) groups is 1. The van der Waals surface area contributed by atoms with Gasteiger partial charge in [0.05, 0.1) is 12.8 Å². The van der Waals surface area contributed by atoms with E-state index in [2.05, 4.69) is 4.98 Å². The topological polar surface area (TPSA) is 68.1 Å². The second kappa shape index (κ2) is 4.10. The number of anilines is 1. The minimum absolute atomic E-state index is 0.0560. The van der Waals surface area contributed by atoms with Gasteiger partial charge in [-0.15, -0.1) is 0 Å². The maximum Gasteiger partial charge on any atom is 0.194 e. The second-order valence-electron chi connectivity index (χ2n) is 3.39. The number of nitrogens with one attached hydrogen (secondary N) is 1. The molecule has 2 rings (SSSR count). The smallest absolute Gasteiger partial charge is 0.194 e. The zero-order valence-electron chi connectivity index (χ0n) is 8.86. The van der Waals surface area contributed by atoms with Crippen LogP contribution >= 0.6 is 0 Å². The van der Waals surface area contributed by atoms with Gasteiger partial charge in [0, 0.05) is 23.5 Å². The predicted octanol–water partition coefficient (Wildman–Crippen LogP) is 1.84. The van der Waals surface area contributed by atoms with Gasteiger partial charge in [-0.25, -0.2) is 0 Å². The number of rotatable bonds is 3. The molecule has 82 valence electrons. The zero-order chi connectivity index (χ0) is 11.5. The van der Waals surface area contributed by atoms with E-state index in [1.807, 2.05) is 0 Å². The third-order valence-electron chi connectivity index (χ3n) is 2.36. The Morgan fingerprint density at radius 2 is 2.12 bits per heavy atom. The number of ether oxygens (including phenoxy) is 1. The number of ketones is 1. The summed E-state index contributed by atoms with van der Waals surface area (Å²) in [5.41, 5.74) is 7.38. The van der Waals surface area contributed by atoms with Crippen molar-refractivity contribution >= 4 is 11.5 Å². The SMILES string of the molecule is COc1cc(C(=O)c2cc[nH]c2)ccc1N. The Morgan fingerprint density at radius 1 is 1.31 bits per heavy atom. The molecule has 0 bridgehead atoms. The van der Waals surface area contributed by atoms with Crippen molar-refractivity contribution in [1.29, 1.82) is 0 Å². The highest BCUT2D eigenvalue weighted by Gasteiger charge is 2.11. The molecule has 1 heterocycles. The number of nitrogens with two attached hydrogens (primary N) is 1. The fourth-order valence-electron chi connectivity index (χ4n) is 1.48. The molecule has 1 aromatic carbocycles. The molecular weight excluding hydrogens is 204 g/mol. The summed E-state index contributed by atoms with van der Waals surface area (Å²) in [6.07, 6.45) is 3.37. The van der Waals surface area contributed by atoms with Crippen LogP contribution < -0.4 is 10.5 Å². The normalized spacial score (nSPS) is 10.1. The van der Waals surface area contributed by atoms with Crippen molar-refractivity contribution < 1.29 is 9.53 Å². The van der Waals surface area contributed by atoms with E-state index in [4.69, 9.17) is 10.5 Å². The minimum atomic E-state index is -0.0560. The summed E-state index contributed by atoms with van der Waals surface area (Å²) in [5.74, 6) is 0.459. The minimum Gasteiger partial charge on any atom is -0.495 e. The van der Waals surface area contributed by atoms with Crippen LogP contribution in [0.2, 0.25) is 0 Å². The van der Waals surface area contributed by atoms with Gasteiger partial charge in [0.15, 0.2) is 5.78 Å². The van der Waals surface area contributed by atoms with Gasteiger partial charge in [-0.1, -0.05) is 0 Å². The Balaban J connectivity index is 2.38. The fourth-order valence-corrected chi connectivity index (χ4v) is 1.48. The first-order valence-electron chi connectivity index (χ1n) is 4.83. The number of hydrogen-bond donors (Lipinski definition) is 2. The van der Waals surface area contributed by atoms with E-state index in [0.717, 1.165) is 0 Å². The van der Waals surface area contributed by atoms with Crippen LogP contribution in [0.25, 0.3) is 0 Å². The van der Waals surface area contributed by atoms with Crippen molar-refractivity contribution in [2.75, 3.05) is 12.8 Å². The summed E-state index contributed by atoms with van der Waals surface area (Å²) >= 11 is 0. The first kappa shape index (κ1) is 10.3. The van der Waals surface area contributed by atoms with Crippen LogP contribution in [0.1, 0.15) is 15.9 Å². The molecule has 4 heteroatoms. The molecule has 0 aliphatic heterocycles. The molecule has 0 saturated carbocycles. The van der Waals surface area contributed by atoms with Crippen molar-refractivity contribution in [2.24, 2.45) is 0 Å². The lowest BCUT2D eigenvalue weighted by atomic mass is 10.1. The molecule has 0 unspecified atom stereocenters. The maximum atomic E-state index is 12.0. The van der Waals surface area contributed by atoms with Gasteiger partial charge in [0.25, 0.3) is 0 Å². The first-order valence-corrected chi connectivity index (χ1v) is 4.83. The van der Waals surface area contributed by atoms with E-state index < -0.39 is 0 Å². The Hall–Kier alpha value is -2.23. The molecule has 0 radical (unpaired) electrons. The zero-order valence-corrected chi connectivity index (χ0v) is 8.86. The van der Waals surface area contributed by atoms with Crippen LogP contribution in [0.15, 0.2) is 36.7 Å². The molecule has 0 aliphatic carbocycles. The van der Waals surface area contributed by atoms with E-state index >= 15 is 0 Å². The van der Waals surface area contributed by atoms with Gasteiger partial charge in [0.1, 0.15) is 5.75 Å². The summed E-state index contributed by atoms with van der Waals surface area (Å²) in [5, 5.41) is 0. The van der Waals surface area contributed by atoms with E-state index in [-0.39, 0.29) is 5.78 Å². The molecule has 0 fully saturated rings. The average Bonchev–Trinajstić information content (AvgIpc) is 2.82. The molecule has 16 heavy (non-hydrogen) atoms. The monoisotopic (exact) mass is 216 g/mol. The molecular formula is C12H12N2O2. The van der Waals surface area contributed by atoms with E-state index in [1.54, 1.807) is 36.7 Å². The highest BCUT2D eigenvalue weighted by Crippen LogP contribution is 2.23. The number of hydrogen-bond acceptors (Lipinski definition) is 3. The Labute approximate surface area is 93.0 Å². The van der Waals surface area contributed by atoms with Crippen molar-refractivity contribution in [3.8, 4) is 5.75 Å². The van der Waals surface area contributed by atoms with Gasteiger partial charge in [-0.3, -0.25) is 4.79 Å². The van der Waals surface area contributed by atoms with Crippen molar-refractivity contribution in [3.63, 3.8) is 0 Å². The molecule has 3 N–H and O–H groups in total. The summed E-state index contributed by atoms with van der Waals surface area (Å²) < 4.78 is 5.07. The second-order valence-corrected chi connectivity index (χ2v) is 3.39. The molecule has 0 atom stereocenters. The number of nitrogen functional groups attached to an aromatic ring is 1. The van der Waals surface area contributed by atoms with E-state index in [0.29, 0.717) is 22.6 Å². The van der Waals surface area contributed by atoms with Crippen molar-refractivity contribution in [1.82, 2.24) is 4.98 Å². The van der Waals surface area contributed by atoms with Crippen molar-refractivity contribution in [2.45, 2.75) is 0 Å². The molecule has 0 amide bonds. The van der Waals surface area contributed by atoms with Gasteiger partial charge in [0.2, 0.25) is 0 Å². The van der Waals surface area contributed by atoms with Gasteiger partial charge >= 0.3 is 0 Å². The lowest BCUT2D eigenvalue weighted by Gasteiger charge is -2.06. The standard InChI is InChI=1S/C12H12N2O2/c1-16-11-6-8(2-3-10(11)13)12(15)9-4-5-14-7-9/h2-7,14H,13H2,1H3. The van der Waals surface area contributed by atoms with E-state index in [1.165, 1.54) is 7.11 Å². The number of benzene rings is 1. The van der Waals surface area contributed by atoms with E-state index in [9.17, 15) is 4.79 Å². The largest absolute Gasteiger partial charge is 0.495 e. The predicted molar refractivity (Wildman–Crippen MR) is 61.6 cm³/mol. The molecule has 0 spiro atoms. The quantitative estimate of drug-likeness (QED) is 0.607. The molecule has 1 aromatic heterocycles. The van der Waals surface area contributed by atoms with Crippen LogP contribution in [0.5, 0.6) is 5.75 Å². The van der Waals surface area contributed by atoms with Gasteiger partial charge in [-0.05, 0) is 24.3 Å². The fraction of sp³-hybridized carbons (Fsp3) is 0.0833. The Bertz CT molecular complexity index is 504. The van der Waals surface area contributed by atoms with Crippen LogP contribution in [0.4, 0.5) is 5.69 Å². The summed E-state index contributed by atoms with van der Waals surface area (Å²) in [6.45, 7) is 0. The average molecular weight is 216 g/mol. The molecule has 0 saturated heterocycles. The highest BCUT2D eigenvalue weighted by molar-refractivity contribution is 6.09. The molecule has 2 aromatic rings. The summed E-state index contributed by atoms with van der Waals surface area (Å²) in [6, 6.07) is 6.72. The Morgan fingerprint density at radius 3 is 2.75 bits per heavy atom. The third-order valence-corrected chi connectivity index (χ3v) is 2.36. The van der Waals surface area contributed by atoms with Gasteiger partial charge < -0.3 is 15.5 Å². The first-order chi connectivity index (χ1) is 7.72. The van der Waals surface area contributed by atoms with Crippen LogP contribution in [0.3, 0.4) is 0 Å². The maximum absolute atomic E-state index is 12.0. The number of carbonyl (C=O) groups excluding carboxylic acids is 1. The Kier molecular flexibility index (Phi) is 2.64. The number of aromatic nitrogens is 1. The number of H-pyrrole nitrogens is 1.